The predicted octanol–water partition coefficient (Wildman–Crippen LogP) is 3.16. The van der Waals surface area contributed by atoms with Crippen LogP contribution in [0.4, 0.5) is 0 Å². The lowest BCUT2D eigenvalue weighted by atomic mass is 9.75. The standard InChI is InChI=1S/C13H24O4/c1-4-13(5-2,6-3)9-7-8-10(11(14)15)12(16)17/h10H,4-9H2,1-3H3,(H,14,15)(H,16,17). The highest BCUT2D eigenvalue weighted by atomic mass is 16.4. The molecule has 0 radical (unpaired) electrons. The van der Waals surface area contributed by atoms with Crippen LogP contribution in [0.15, 0.2) is 0 Å². The first-order valence-corrected chi connectivity index (χ1v) is 6.38. The third kappa shape index (κ3) is 4.75. The minimum atomic E-state index is -1.25. The molecule has 2 N–H and O–H groups in total. The van der Waals surface area contributed by atoms with Crippen LogP contribution in [0.2, 0.25) is 0 Å². The fourth-order valence-corrected chi connectivity index (χ4v) is 2.31. The highest BCUT2D eigenvalue weighted by Crippen LogP contribution is 2.36. The van der Waals surface area contributed by atoms with E-state index in [2.05, 4.69) is 20.8 Å². The maximum absolute atomic E-state index is 10.7. The van der Waals surface area contributed by atoms with Crippen molar-refractivity contribution in [3.63, 3.8) is 0 Å². The molecule has 0 aliphatic heterocycles. The Labute approximate surface area is 103 Å². The van der Waals surface area contributed by atoms with Crippen LogP contribution >= 0.6 is 0 Å². The van der Waals surface area contributed by atoms with Crippen LogP contribution in [0.5, 0.6) is 0 Å². The van der Waals surface area contributed by atoms with E-state index in [1.54, 1.807) is 0 Å². The number of carboxylic acids is 2. The van der Waals surface area contributed by atoms with Crippen molar-refractivity contribution in [1.29, 1.82) is 0 Å². The van der Waals surface area contributed by atoms with E-state index in [-0.39, 0.29) is 11.8 Å². The van der Waals surface area contributed by atoms with Crippen LogP contribution in [-0.4, -0.2) is 22.2 Å². The maximum atomic E-state index is 10.7. The number of hydrogen-bond donors (Lipinski definition) is 2. The average molecular weight is 244 g/mol. The van der Waals surface area contributed by atoms with E-state index in [1.165, 1.54) is 0 Å². The van der Waals surface area contributed by atoms with Gasteiger partial charge in [0, 0.05) is 0 Å². The second kappa shape index (κ2) is 7.30. The van der Waals surface area contributed by atoms with Crippen molar-refractivity contribution >= 4 is 11.9 Å². The quantitative estimate of drug-likeness (QED) is 0.611. The monoisotopic (exact) mass is 244 g/mol. The van der Waals surface area contributed by atoms with Crippen LogP contribution in [0.1, 0.15) is 59.3 Å². The van der Waals surface area contributed by atoms with Gasteiger partial charge in [0.25, 0.3) is 0 Å². The van der Waals surface area contributed by atoms with Crippen LogP contribution < -0.4 is 0 Å². The van der Waals surface area contributed by atoms with E-state index in [0.29, 0.717) is 6.42 Å². The molecule has 17 heavy (non-hydrogen) atoms. The Balaban J connectivity index is 4.28. The summed E-state index contributed by atoms with van der Waals surface area (Å²) in [6.45, 7) is 6.41. The Bertz CT molecular complexity index is 234. The molecule has 100 valence electrons. The van der Waals surface area contributed by atoms with Crippen molar-refractivity contribution < 1.29 is 19.8 Å². The maximum Gasteiger partial charge on any atom is 0.317 e. The highest BCUT2D eigenvalue weighted by molar-refractivity contribution is 5.92. The molecule has 0 heterocycles. The second-order valence-corrected chi connectivity index (χ2v) is 4.68. The van der Waals surface area contributed by atoms with Gasteiger partial charge in [0.2, 0.25) is 0 Å². The first kappa shape index (κ1) is 15.9. The zero-order chi connectivity index (χ0) is 13.5. The summed E-state index contributed by atoms with van der Waals surface area (Å²) in [6.07, 6.45) is 4.99. The first-order valence-electron chi connectivity index (χ1n) is 6.38. The van der Waals surface area contributed by atoms with Gasteiger partial charge in [-0.2, -0.15) is 0 Å². The summed E-state index contributed by atoms with van der Waals surface area (Å²) >= 11 is 0. The van der Waals surface area contributed by atoms with Crippen molar-refractivity contribution in [2.75, 3.05) is 0 Å². The molecule has 4 nitrogen and oxygen atoms in total. The third-order valence-corrected chi connectivity index (χ3v) is 4.05. The SMILES string of the molecule is CCC(CC)(CC)CCCC(C(=O)O)C(=O)O. The molecule has 0 aromatic heterocycles. The molecule has 0 aromatic carbocycles. The molecule has 0 spiro atoms. The first-order chi connectivity index (χ1) is 7.92. The number of aliphatic carboxylic acids is 2. The summed E-state index contributed by atoms with van der Waals surface area (Å²) in [5, 5.41) is 17.5. The van der Waals surface area contributed by atoms with Crippen molar-refractivity contribution in [3.05, 3.63) is 0 Å². The Morgan fingerprint density at radius 2 is 1.41 bits per heavy atom. The van der Waals surface area contributed by atoms with Gasteiger partial charge in [0.1, 0.15) is 0 Å². The van der Waals surface area contributed by atoms with Gasteiger partial charge in [-0.3, -0.25) is 9.59 Å². The molecule has 4 heteroatoms. The number of carboxylic acid groups (broad SMARTS) is 2. The van der Waals surface area contributed by atoms with Gasteiger partial charge < -0.3 is 10.2 Å². The molecule has 0 aliphatic rings. The normalized spacial score (nSPS) is 11.8. The van der Waals surface area contributed by atoms with Gasteiger partial charge in [0.05, 0.1) is 0 Å². The number of carbonyl (C=O) groups is 2. The van der Waals surface area contributed by atoms with Gasteiger partial charge in [-0.05, 0) is 18.3 Å². The van der Waals surface area contributed by atoms with Crippen LogP contribution in [0, 0.1) is 11.3 Å². The molecule has 0 saturated heterocycles. The van der Waals surface area contributed by atoms with Crippen molar-refractivity contribution in [1.82, 2.24) is 0 Å². The summed E-state index contributed by atoms with van der Waals surface area (Å²) in [5.41, 5.74) is 0.252. The lowest BCUT2D eigenvalue weighted by Crippen LogP contribution is -2.24. The molecule has 0 bridgehead atoms. The number of rotatable bonds is 9. The topological polar surface area (TPSA) is 74.6 Å². The molecule has 0 atom stereocenters. The summed E-state index contributed by atoms with van der Waals surface area (Å²) < 4.78 is 0. The van der Waals surface area contributed by atoms with Crippen LogP contribution in [-0.2, 0) is 9.59 Å². The lowest BCUT2D eigenvalue weighted by molar-refractivity contribution is -0.154. The largest absolute Gasteiger partial charge is 0.481 e. The molecule has 0 amide bonds. The fourth-order valence-electron chi connectivity index (χ4n) is 2.31. The summed E-state index contributed by atoms with van der Waals surface area (Å²) in [6, 6.07) is 0. The van der Waals surface area contributed by atoms with Gasteiger partial charge in [0.15, 0.2) is 5.92 Å². The third-order valence-electron chi connectivity index (χ3n) is 4.05. The molecule has 0 saturated carbocycles. The average Bonchev–Trinajstić information content (AvgIpc) is 2.29. The number of hydrogen-bond acceptors (Lipinski definition) is 2. The van der Waals surface area contributed by atoms with Crippen molar-refractivity contribution in [3.8, 4) is 0 Å². The lowest BCUT2D eigenvalue weighted by Gasteiger charge is -2.30. The van der Waals surface area contributed by atoms with Crippen molar-refractivity contribution in [2.45, 2.75) is 59.3 Å². The molecule has 0 fully saturated rings. The fraction of sp³-hybridized carbons (Fsp3) is 0.846. The van der Waals surface area contributed by atoms with E-state index in [9.17, 15) is 9.59 Å². The molecule has 0 unspecified atom stereocenters. The van der Waals surface area contributed by atoms with Gasteiger partial charge in [-0.1, -0.05) is 46.5 Å². The van der Waals surface area contributed by atoms with E-state index in [0.717, 1.165) is 25.7 Å². The summed E-state index contributed by atoms with van der Waals surface area (Å²) in [7, 11) is 0. The van der Waals surface area contributed by atoms with Crippen LogP contribution in [0.25, 0.3) is 0 Å². The van der Waals surface area contributed by atoms with Gasteiger partial charge >= 0.3 is 11.9 Å². The minimum Gasteiger partial charge on any atom is -0.481 e. The molecular formula is C13H24O4. The minimum absolute atomic E-state index is 0.229. The zero-order valence-corrected chi connectivity index (χ0v) is 11.0. The van der Waals surface area contributed by atoms with E-state index in [1.807, 2.05) is 0 Å². The molecular weight excluding hydrogens is 220 g/mol. The predicted molar refractivity (Wildman–Crippen MR) is 65.9 cm³/mol. The highest BCUT2D eigenvalue weighted by Gasteiger charge is 2.28. The molecule has 0 aliphatic carbocycles. The van der Waals surface area contributed by atoms with Gasteiger partial charge in [-0.25, -0.2) is 0 Å². The van der Waals surface area contributed by atoms with Gasteiger partial charge in [-0.15, -0.1) is 0 Å². The smallest absolute Gasteiger partial charge is 0.317 e. The van der Waals surface area contributed by atoms with Crippen molar-refractivity contribution in [2.24, 2.45) is 11.3 Å². The van der Waals surface area contributed by atoms with Crippen LogP contribution in [0.3, 0.4) is 0 Å². The Morgan fingerprint density at radius 1 is 1.00 bits per heavy atom. The second-order valence-electron chi connectivity index (χ2n) is 4.68. The van der Waals surface area contributed by atoms with E-state index >= 15 is 0 Å². The van der Waals surface area contributed by atoms with E-state index in [4.69, 9.17) is 10.2 Å². The summed E-state index contributed by atoms with van der Waals surface area (Å²) in [4.78, 5) is 21.4. The zero-order valence-electron chi connectivity index (χ0n) is 11.0. The Morgan fingerprint density at radius 3 is 1.71 bits per heavy atom. The Kier molecular flexibility index (Phi) is 6.85. The van der Waals surface area contributed by atoms with E-state index < -0.39 is 17.9 Å². The summed E-state index contributed by atoms with van der Waals surface area (Å²) in [5.74, 6) is -3.71. The molecule has 0 aromatic rings. The Hall–Kier alpha value is -1.06. The molecule has 0 rings (SSSR count).